The number of hydrogen-bond acceptors (Lipinski definition) is 6. The minimum Gasteiger partial charge on any atom is -0.460 e. The Bertz CT molecular complexity index is 609. The molecule has 6 heteroatoms. The molecule has 6 nitrogen and oxygen atoms in total. The largest absolute Gasteiger partial charge is 0.460 e. The fraction of sp³-hybridized carbons (Fsp3) is 0.722. The molecular formula is C18H24O6. The van der Waals surface area contributed by atoms with Crippen molar-refractivity contribution in [2.75, 3.05) is 0 Å². The van der Waals surface area contributed by atoms with Crippen LogP contribution in [0.3, 0.4) is 0 Å². The number of hydrogen-bond donors (Lipinski definition) is 0. The predicted octanol–water partition coefficient (Wildman–Crippen LogP) is 2.30. The first-order chi connectivity index (χ1) is 11.2. The maximum Gasteiger partial charge on any atom is 0.347 e. The smallest absolute Gasteiger partial charge is 0.347 e. The summed E-state index contributed by atoms with van der Waals surface area (Å²) in [4.78, 5) is 36.7. The summed E-state index contributed by atoms with van der Waals surface area (Å²) in [6.07, 6.45) is 1.26. The summed E-state index contributed by atoms with van der Waals surface area (Å²) in [5.74, 6) is -1.60. The first-order valence-electron chi connectivity index (χ1n) is 8.49. The fourth-order valence-corrected chi connectivity index (χ4v) is 4.41. The van der Waals surface area contributed by atoms with Gasteiger partial charge in [0.25, 0.3) is 0 Å². The highest BCUT2D eigenvalue weighted by Crippen LogP contribution is 2.57. The zero-order valence-electron chi connectivity index (χ0n) is 14.4. The third kappa shape index (κ3) is 2.52. The summed E-state index contributed by atoms with van der Waals surface area (Å²) in [5, 5.41) is 0. The molecule has 0 spiro atoms. The van der Waals surface area contributed by atoms with Gasteiger partial charge in [-0.1, -0.05) is 13.5 Å². The Morgan fingerprint density at radius 2 is 2.00 bits per heavy atom. The number of esters is 3. The second kappa shape index (κ2) is 5.60. The van der Waals surface area contributed by atoms with E-state index in [1.54, 1.807) is 6.92 Å². The van der Waals surface area contributed by atoms with Crippen molar-refractivity contribution in [3.05, 3.63) is 12.2 Å². The second-order valence-electron chi connectivity index (χ2n) is 7.56. The molecule has 1 aliphatic carbocycles. The lowest BCUT2D eigenvalue weighted by Gasteiger charge is -2.50. The highest BCUT2D eigenvalue weighted by atomic mass is 16.6. The molecule has 4 bridgehead atoms. The van der Waals surface area contributed by atoms with Crippen LogP contribution in [0.5, 0.6) is 0 Å². The zero-order chi connectivity index (χ0) is 17.7. The van der Waals surface area contributed by atoms with E-state index in [-0.39, 0.29) is 18.0 Å². The van der Waals surface area contributed by atoms with Gasteiger partial charge in [-0.25, -0.2) is 9.59 Å². The van der Waals surface area contributed by atoms with Gasteiger partial charge in [0.15, 0.2) is 6.10 Å². The topological polar surface area (TPSA) is 78.9 Å². The van der Waals surface area contributed by atoms with Crippen LogP contribution in [0.1, 0.15) is 52.9 Å². The number of rotatable bonds is 4. The first-order valence-corrected chi connectivity index (χ1v) is 8.49. The molecule has 3 fully saturated rings. The van der Waals surface area contributed by atoms with Crippen LogP contribution >= 0.6 is 0 Å². The van der Waals surface area contributed by atoms with Gasteiger partial charge in [-0.05, 0) is 39.5 Å². The Kier molecular flexibility index (Phi) is 3.97. The Morgan fingerprint density at radius 1 is 1.29 bits per heavy atom. The molecule has 24 heavy (non-hydrogen) atoms. The van der Waals surface area contributed by atoms with Crippen molar-refractivity contribution in [3.8, 4) is 0 Å². The van der Waals surface area contributed by atoms with Crippen molar-refractivity contribution >= 4 is 17.9 Å². The number of ether oxygens (including phenoxy) is 3. The van der Waals surface area contributed by atoms with E-state index in [9.17, 15) is 14.4 Å². The van der Waals surface area contributed by atoms with Crippen LogP contribution in [-0.4, -0.2) is 35.7 Å². The van der Waals surface area contributed by atoms with Crippen molar-refractivity contribution in [2.24, 2.45) is 11.3 Å². The van der Waals surface area contributed by atoms with Crippen molar-refractivity contribution in [1.29, 1.82) is 0 Å². The lowest BCUT2D eigenvalue weighted by atomic mass is 9.58. The SMILES string of the molecule is C=C(C)C(=O)OC(C)(CC)C12CC3CC(C1)C(=O)OC(C2)C(=O)O3. The van der Waals surface area contributed by atoms with Crippen LogP contribution < -0.4 is 0 Å². The van der Waals surface area contributed by atoms with E-state index in [0.29, 0.717) is 37.7 Å². The van der Waals surface area contributed by atoms with Crippen molar-refractivity contribution < 1.29 is 28.6 Å². The number of carbonyl (C=O) groups excluding carboxylic acids is 3. The fourth-order valence-electron chi connectivity index (χ4n) is 4.41. The second-order valence-corrected chi connectivity index (χ2v) is 7.56. The van der Waals surface area contributed by atoms with E-state index in [4.69, 9.17) is 14.2 Å². The van der Waals surface area contributed by atoms with Crippen LogP contribution in [0.15, 0.2) is 12.2 Å². The van der Waals surface area contributed by atoms with Crippen molar-refractivity contribution in [2.45, 2.75) is 70.7 Å². The molecule has 2 aliphatic heterocycles. The quantitative estimate of drug-likeness (QED) is 0.445. The zero-order valence-corrected chi connectivity index (χ0v) is 14.4. The Morgan fingerprint density at radius 3 is 2.62 bits per heavy atom. The molecule has 0 amide bonds. The molecule has 3 aliphatic rings. The molecule has 2 heterocycles. The molecule has 3 rings (SSSR count). The summed E-state index contributed by atoms with van der Waals surface area (Å²) >= 11 is 0. The van der Waals surface area contributed by atoms with Gasteiger partial charge in [-0.3, -0.25) is 4.79 Å². The average molecular weight is 336 g/mol. The van der Waals surface area contributed by atoms with Crippen LogP contribution in [0, 0.1) is 11.3 Å². The van der Waals surface area contributed by atoms with Crippen molar-refractivity contribution in [3.63, 3.8) is 0 Å². The molecule has 0 aromatic rings. The number of carbonyl (C=O) groups is 3. The Balaban J connectivity index is 2.03. The molecule has 0 N–H and O–H groups in total. The molecule has 0 aromatic carbocycles. The third-order valence-electron chi connectivity index (χ3n) is 5.98. The van der Waals surface area contributed by atoms with Crippen LogP contribution in [0.25, 0.3) is 0 Å². The molecule has 0 radical (unpaired) electrons. The molecule has 1 saturated carbocycles. The molecule has 132 valence electrons. The third-order valence-corrected chi connectivity index (χ3v) is 5.98. The maximum absolute atomic E-state index is 12.3. The molecule has 0 aromatic heterocycles. The predicted molar refractivity (Wildman–Crippen MR) is 83.8 cm³/mol. The lowest BCUT2D eigenvalue weighted by molar-refractivity contribution is -0.185. The van der Waals surface area contributed by atoms with Gasteiger partial charge in [0.1, 0.15) is 11.7 Å². The molecule has 5 unspecified atom stereocenters. The highest BCUT2D eigenvalue weighted by Gasteiger charge is 2.61. The molecule has 2 saturated heterocycles. The van der Waals surface area contributed by atoms with Crippen LogP contribution in [0.2, 0.25) is 0 Å². The minimum atomic E-state index is -0.915. The minimum absolute atomic E-state index is 0.323. The number of fused-ring (bicyclic) bond motifs is 3. The Labute approximate surface area is 141 Å². The van der Waals surface area contributed by atoms with Gasteiger partial charge >= 0.3 is 17.9 Å². The monoisotopic (exact) mass is 336 g/mol. The molecular weight excluding hydrogens is 312 g/mol. The highest BCUT2D eigenvalue weighted by molar-refractivity contribution is 5.87. The normalized spacial score (nSPS) is 36.9. The van der Waals surface area contributed by atoms with Gasteiger partial charge < -0.3 is 14.2 Å². The standard InChI is InChI=1S/C18H24O6/c1-5-17(4,24-14(19)10(2)3)18-7-11-6-12(8-18)22-16(21)13(9-18)23-15(11)20/h11-13H,2,5-9H2,1,3-4H3. The van der Waals surface area contributed by atoms with Crippen molar-refractivity contribution in [1.82, 2.24) is 0 Å². The summed E-state index contributed by atoms with van der Waals surface area (Å²) in [5.41, 5.74) is -1.02. The van der Waals surface area contributed by atoms with Gasteiger partial charge in [-0.15, -0.1) is 0 Å². The van der Waals surface area contributed by atoms with E-state index in [1.807, 2.05) is 13.8 Å². The summed E-state index contributed by atoms with van der Waals surface area (Å²) < 4.78 is 16.7. The summed E-state index contributed by atoms with van der Waals surface area (Å²) in [7, 11) is 0. The summed E-state index contributed by atoms with van der Waals surface area (Å²) in [6, 6.07) is 0. The first kappa shape index (κ1) is 17.0. The Hall–Kier alpha value is -1.85. The van der Waals surface area contributed by atoms with E-state index in [0.717, 1.165) is 0 Å². The summed E-state index contributed by atoms with van der Waals surface area (Å²) in [6.45, 7) is 9.09. The van der Waals surface area contributed by atoms with Gasteiger partial charge in [0.2, 0.25) is 0 Å². The van der Waals surface area contributed by atoms with E-state index >= 15 is 0 Å². The average Bonchev–Trinajstić information content (AvgIpc) is 2.68. The van der Waals surface area contributed by atoms with Crippen LogP contribution in [-0.2, 0) is 28.6 Å². The lowest BCUT2D eigenvalue weighted by Crippen LogP contribution is -2.53. The van der Waals surface area contributed by atoms with Crippen LogP contribution in [0.4, 0.5) is 0 Å². The van der Waals surface area contributed by atoms with Gasteiger partial charge in [-0.2, -0.15) is 0 Å². The maximum atomic E-state index is 12.3. The van der Waals surface area contributed by atoms with Gasteiger partial charge in [0, 0.05) is 17.4 Å². The van der Waals surface area contributed by atoms with E-state index in [1.165, 1.54) is 0 Å². The van der Waals surface area contributed by atoms with E-state index in [2.05, 4.69) is 6.58 Å². The van der Waals surface area contributed by atoms with E-state index < -0.39 is 29.1 Å². The molecule has 5 atom stereocenters. The van der Waals surface area contributed by atoms with Gasteiger partial charge in [0.05, 0.1) is 5.92 Å².